The van der Waals surface area contributed by atoms with Crippen molar-refractivity contribution in [3.63, 3.8) is 0 Å². The molecule has 3 aromatic carbocycles. The number of benzene rings is 3. The van der Waals surface area contributed by atoms with Gasteiger partial charge in [0.05, 0.1) is 12.8 Å². The van der Waals surface area contributed by atoms with Crippen LogP contribution in [-0.4, -0.2) is 18.7 Å². The van der Waals surface area contributed by atoms with Gasteiger partial charge in [0.2, 0.25) is 0 Å². The summed E-state index contributed by atoms with van der Waals surface area (Å²) in [6.07, 6.45) is 1.55. The van der Waals surface area contributed by atoms with Gasteiger partial charge in [0.15, 0.2) is 0 Å². The van der Waals surface area contributed by atoms with E-state index >= 15 is 0 Å². The number of amides is 1. The molecule has 0 aliphatic rings. The molecule has 3 aromatic rings. The van der Waals surface area contributed by atoms with Crippen LogP contribution >= 0.6 is 0 Å². The zero-order valence-electron chi connectivity index (χ0n) is 15.1. The lowest BCUT2D eigenvalue weighted by atomic mass is 10.2. The second-order valence-electron chi connectivity index (χ2n) is 6.00. The number of hydrogen-bond acceptors (Lipinski definition) is 4. The van der Waals surface area contributed by atoms with Crippen molar-refractivity contribution in [3.05, 3.63) is 95.8 Å². The Balaban J connectivity index is 1.45. The normalized spacial score (nSPS) is 10.6. The van der Waals surface area contributed by atoms with Gasteiger partial charge in [-0.2, -0.15) is 5.10 Å². The maximum Gasteiger partial charge on any atom is 0.259 e. The van der Waals surface area contributed by atoms with Gasteiger partial charge in [-0.25, -0.2) is 9.82 Å². The largest absolute Gasteiger partial charge is 0.489 e. The molecule has 0 heterocycles. The summed E-state index contributed by atoms with van der Waals surface area (Å²) in [5, 5.41) is 6.84. The zero-order chi connectivity index (χ0) is 19.6. The van der Waals surface area contributed by atoms with Crippen LogP contribution in [0.15, 0.2) is 84.0 Å². The van der Waals surface area contributed by atoms with E-state index in [4.69, 9.17) is 4.74 Å². The van der Waals surface area contributed by atoms with Crippen molar-refractivity contribution in [1.82, 2.24) is 5.43 Å². The van der Waals surface area contributed by atoms with Gasteiger partial charge < -0.3 is 10.1 Å². The Morgan fingerprint density at radius 1 is 1.00 bits per heavy atom. The minimum atomic E-state index is -0.324. The topological polar surface area (TPSA) is 62.7 Å². The van der Waals surface area contributed by atoms with Crippen LogP contribution in [0.5, 0.6) is 5.75 Å². The van der Waals surface area contributed by atoms with E-state index in [1.165, 1.54) is 12.1 Å². The monoisotopic (exact) mass is 377 g/mol. The Hall–Kier alpha value is -3.67. The van der Waals surface area contributed by atoms with Crippen LogP contribution in [0.3, 0.4) is 0 Å². The number of ether oxygens (including phenoxy) is 1. The van der Waals surface area contributed by atoms with Gasteiger partial charge in [-0.3, -0.25) is 4.79 Å². The first kappa shape index (κ1) is 19.1. The summed E-state index contributed by atoms with van der Waals surface area (Å²) in [4.78, 5) is 11.8. The molecule has 0 aliphatic carbocycles. The van der Waals surface area contributed by atoms with Gasteiger partial charge in [-0.1, -0.05) is 42.5 Å². The number of rotatable bonds is 8. The fourth-order valence-electron chi connectivity index (χ4n) is 2.39. The lowest BCUT2D eigenvalue weighted by Gasteiger charge is -2.07. The predicted octanol–water partition coefficient (Wildman–Crippen LogP) is 3.97. The summed E-state index contributed by atoms with van der Waals surface area (Å²) in [7, 11) is 0. The quantitative estimate of drug-likeness (QED) is 0.461. The van der Waals surface area contributed by atoms with Gasteiger partial charge in [0, 0.05) is 5.69 Å². The molecule has 0 fully saturated rings. The van der Waals surface area contributed by atoms with Crippen molar-refractivity contribution in [2.24, 2.45) is 5.10 Å². The van der Waals surface area contributed by atoms with Gasteiger partial charge in [-0.05, 0) is 47.5 Å². The summed E-state index contributed by atoms with van der Waals surface area (Å²) in [6, 6.07) is 23.1. The third-order valence-electron chi connectivity index (χ3n) is 3.81. The molecular formula is C22H20FN3O2. The summed E-state index contributed by atoms with van der Waals surface area (Å²) in [5.41, 5.74) is 4.99. The molecule has 0 radical (unpaired) electrons. The highest BCUT2D eigenvalue weighted by molar-refractivity contribution is 5.84. The molecule has 0 saturated carbocycles. The Morgan fingerprint density at radius 3 is 2.57 bits per heavy atom. The van der Waals surface area contributed by atoms with Crippen LogP contribution < -0.4 is 15.5 Å². The van der Waals surface area contributed by atoms with E-state index < -0.39 is 0 Å². The molecule has 142 valence electrons. The first-order valence-electron chi connectivity index (χ1n) is 8.77. The van der Waals surface area contributed by atoms with E-state index in [0.717, 1.165) is 16.9 Å². The number of carbonyl (C=O) groups excluding carboxylic acids is 1. The van der Waals surface area contributed by atoms with E-state index in [2.05, 4.69) is 15.8 Å². The molecule has 0 unspecified atom stereocenters. The molecule has 0 aliphatic heterocycles. The molecule has 3 rings (SSSR count). The number of anilines is 1. The van der Waals surface area contributed by atoms with E-state index in [0.29, 0.717) is 12.3 Å². The molecule has 0 saturated heterocycles. The van der Waals surface area contributed by atoms with Crippen LogP contribution in [0.4, 0.5) is 10.1 Å². The van der Waals surface area contributed by atoms with Gasteiger partial charge in [0.1, 0.15) is 18.2 Å². The zero-order valence-corrected chi connectivity index (χ0v) is 15.1. The molecule has 0 bridgehead atoms. The lowest BCUT2D eigenvalue weighted by Crippen LogP contribution is -2.25. The number of halogens is 1. The predicted molar refractivity (Wildman–Crippen MR) is 108 cm³/mol. The number of carbonyl (C=O) groups is 1. The van der Waals surface area contributed by atoms with E-state index in [1.54, 1.807) is 18.3 Å². The molecule has 5 nitrogen and oxygen atoms in total. The third-order valence-corrected chi connectivity index (χ3v) is 3.81. The Kier molecular flexibility index (Phi) is 6.73. The standard InChI is InChI=1S/C22H20FN3O2/c23-19-9-11-20(12-10-19)24-15-22(27)26-25-14-18-7-4-8-21(13-18)28-16-17-5-2-1-3-6-17/h1-14,24H,15-16H2,(H,26,27)/b25-14-. The van der Waals surface area contributed by atoms with E-state index in [-0.39, 0.29) is 18.3 Å². The Bertz CT molecular complexity index is 928. The molecule has 0 spiro atoms. The molecule has 2 N–H and O–H groups in total. The van der Waals surface area contributed by atoms with Crippen molar-refractivity contribution in [2.45, 2.75) is 6.61 Å². The number of hydrazone groups is 1. The lowest BCUT2D eigenvalue weighted by molar-refractivity contribution is -0.119. The number of nitrogens with zero attached hydrogens (tertiary/aromatic N) is 1. The highest BCUT2D eigenvalue weighted by Gasteiger charge is 2.00. The van der Waals surface area contributed by atoms with Crippen LogP contribution in [-0.2, 0) is 11.4 Å². The van der Waals surface area contributed by atoms with Crippen molar-refractivity contribution in [1.29, 1.82) is 0 Å². The maximum absolute atomic E-state index is 12.8. The van der Waals surface area contributed by atoms with Crippen molar-refractivity contribution in [3.8, 4) is 5.75 Å². The van der Waals surface area contributed by atoms with Crippen LogP contribution in [0, 0.1) is 5.82 Å². The molecule has 6 heteroatoms. The van der Waals surface area contributed by atoms with Gasteiger partial charge >= 0.3 is 0 Å². The summed E-state index contributed by atoms with van der Waals surface area (Å²) >= 11 is 0. The van der Waals surface area contributed by atoms with Crippen LogP contribution in [0.2, 0.25) is 0 Å². The van der Waals surface area contributed by atoms with Crippen molar-refractivity contribution >= 4 is 17.8 Å². The smallest absolute Gasteiger partial charge is 0.259 e. The Morgan fingerprint density at radius 2 is 1.79 bits per heavy atom. The van der Waals surface area contributed by atoms with Crippen molar-refractivity contribution in [2.75, 3.05) is 11.9 Å². The molecule has 1 amide bonds. The van der Waals surface area contributed by atoms with Gasteiger partial charge in [0.25, 0.3) is 5.91 Å². The molecule has 0 atom stereocenters. The first-order valence-corrected chi connectivity index (χ1v) is 8.77. The third kappa shape index (κ3) is 6.25. The number of hydrogen-bond donors (Lipinski definition) is 2. The maximum atomic E-state index is 12.8. The van der Waals surface area contributed by atoms with Crippen molar-refractivity contribution < 1.29 is 13.9 Å². The van der Waals surface area contributed by atoms with Gasteiger partial charge in [-0.15, -0.1) is 0 Å². The fourth-order valence-corrected chi connectivity index (χ4v) is 2.39. The van der Waals surface area contributed by atoms with Crippen LogP contribution in [0.1, 0.15) is 11.1 Å². The summed E-state index contributed by atoms with van der Waals surface area (Å²) < 4.78 is 18.6. The van der Waals surface area contributed by atoms with E-state index in [1.807, 2.05) is 54.6 Å². The second kappa shape index (κ2) is 9.87. The molecule has 0 aromatic heterocycles. The average molecular weight is 377 g/mol. The number of nitrogens with one attached hydrogen (secondary N) is 2. The van der Waals surface area contributed by atoms with E-state index in [9.17, 15) is 9.18 Å². The minimum Gasteiger partial charge on any atom is -0.489 e. The highest BCUT2D eigenvalue weighted by atomic mass is 19.1. The Labute approximate surface area is 162 Å². The first-order chi connectivity index (χ1) is 13.7. The molecular weight excluding hydrogens is 357 g/mol. The fraction of sp³-hybridized carbons (Fsp3) is 0.0909. The summed E-state index contributed by atoms with van der Waals surface area (Å²) in [6.45, 7) is 0.510. The minimum absolute atomic E-state index is 0.0310. The summed E-state index contributed by atoms with van der Waals surface area (Å²) in [5.74, 6) is 0.0868. The second-order valence-corrected chi connectivity index (χ2v) is 6.00. The SMILES string of the molecule is O=C(CNc1ccc(F)cc1)N/N=C\c1cccc(OCc2ccccc2)c1. The average Bonchev–Trinajstić information content (AvgIpc) is 2.73. The van der Waals surface area contributed by atoms with Crippen LogP contribution in [0.25, 0.3) is 0 Å². The highest BCUT2D eigenvalue weighted by Crippen LogP contribution is 2.14. The molecule has 28 heavy (non-hydrogen) atoms.